The summed E-state index contributed by atoms with van der Waals surface area (Å²) in [5.41, 5.74) is 4.28. The van der Waals surface area contributed by atoms with Gasteiger partial charge in [-0.25, -0.2) is 0 Å². The Balaban J connectivity index is 2.81. The Hall–Kier alpha value is -1.02. The summed E-state index contributed by atoms with van der Waals surface area (Å²) in [4.78, 5) is 0. The van der Waals surface area contributed by atoms with Crippen LogP contribution in [0.5, 0.6) is 5.75 Å². The van der Waals surface area contributed by atoms with Crippen LogP contribution in [0.3, 0.4) is 0 Å². The summed E-state index contributed by atoms with van der Waals surface area (Å²) in [7, 11) is 3.79. The van der Waals surface area contributed by atoms with Crippen LogP contribution in [0.25, 0.3) is 0 Å². The van der Waals surface area contributed by atoms with Crippen LogP contribution in [0.2, 0.25) is 0 Å². The Morgan fingerprint density at radius 3 is 2.26 bits per heavy atom. The van der Waals surface area contributed by atoms with Crippen molar-refractivity contribution in [3.05, 3.63) is 28.8 Å². The second-order valence-corrected chi connectivity index (χ2v) is 6.49. The molecule has 0 saturated carbocycles. The lowest BCUT2D eigenvalue weighted by molar-refractivity contribution is 0.268. The SMILES string of the molecule is CNC(CCc1cc(C)c(OC)cc1C)C(C)(C)C. The fraction of sp³-hybridized carbons (Fsp3) is 0.647. The molecule has 0 bridgehead atoms. The van der Waals surface area contributed by atoms with E-state index in [0.29, 0.717) is 11.5 Å². The van der Waals surface area contributed by atoms with Crippen LogP contribution in [0.4, 0.5) is 0 Å². The molecule has 0 heterocycles. The van der Waals surface area contributed by atoms with Gasteiger partial charge in [-0.15, -0.1) is 0 Å². The number of benzene rings is 1. The Morgan fingerprint density at radius 1 is 1.16 bits per heavy atom. The van der Waals surface area contributed by atoms with Crippen LogP contribution in [0.15, 0.2) is 12.1 Å². The lowest BCUT2D eigenvalue weighted by Gasteiger charge is -2.30. The van der Waals surface area contributed by atoms with Crippen molar-refractivity contribution < 1.29 is 4.74 Å². The monoisotopic (exact) mass is 263 g/mol. The zero-order valence-corrected chi connectivity index (χ0v) is 13.6. The van der Waals surface area contributed by atoms with Crippen LogP contribution in [0.1, 0.15) is 43.9 Å². The first-order chi connectivity index (χ1) is 8.79. The maximum absolute atomic E-state index is 5.37. The summed E-state index contributed by atoms with van der Waals surface area (Å²) in [5, 5.41) is 3.44. The number of hydrogen-bond acceptors (Lipinski definition) is 2. The van der Waals surface area contributed by atoms with Gasteiger partial charge in [-0.1, -0.05) is 26.8 Å². The molecular weight excluding hydrogens is 234 g/mol. The normalized spacial score (nSPS) is 13.4. The molecule has 0 aliphatic rings. The van der Waals surface area contributed by atoms with Gasteiger partial charge in [0, 0.05) is 6.04 Å². The largest absolute Gasteiger partial charge is 0.496 e. The minimum absolute atomic E-state index is 0.296. The van der Waals surface area contributed by atoms with Gasteiger partial charge in [0.2, 0.25) is 0 Å². The molecule has 2 heteroatoms. The summed E-state index contributed by atoms with van der Waals surface area (Å²) in [6, 6.07) is 4.95. The first-order valence-electron chi connectivity index (χ1n) is 7.11. The van der Waals surface area contributed by atoms with E-state index in [0.717, 1.165) is 18.6 Å². The van der Waals surface area contributed by atoms with Gasteiger partial charge in [0.1, 0.15) is 5.75 Å². The molecule has 1 atom stereocenters. The summed E-state index contributed by atoms with van der Waals surface area (Å²) >= 11 is 0. The minimum atomic E-state index is 0.296. The van der Waals surface area contributed by atoms with Crippen LogP contribution in [0, 0.1) is 19.3 Å². The Labute approximate surface area is 118 Å². The molecule has 1 rings (SSSR count). The summed E-state index contributed by atoms with van der Waals surface area (Å²) in [5.74, 6) is 0.988. The summed E-state index contributed by atoms with van der Waals surface area (Å²) in [6.07, 6.45) is 2.27. The van der Waals surface area contributed by atoms with Crippen molar-refractivity contribution in [2.45, 2.75) is 53.5 Å². The molecule has 0 spiro atoms. The number of aryl methyl sites for hydroxylation is 3. The molecule has 1 aromatic carbocycles. The number of hydrogen-bond donors (Lipinski definition) is 1. The van der Waals surface area contributed by atoms with Crippen LogP contribution in [-0.2, 0) is 6.42 Å². The predicted molar refractivity (Wildman–Crippen MR) is 83.1 cm³/mol. The topological polar surface area (TPSA) is 21.3 Å². The highest BCUT2D eigenvalue weighted by Crippen LogP contribution is 2.26. The molecule has 1 N–H and O–H groups in total. The molecule has 2 nitrogen and oxygen atoms in total. The number of methoxy groups -OCH3 is 1. The Bertz CT molecular complexity index is 418. The molecule has 0 amide bonds. The molecule has 0 aromatic heterocycles. The van der Waals surface area contributed by atoms with Crippen molar-refractivity contribution in [3.8, 4) is 5.75 Å². The van der Waals surface area contributed by atoms with E-state index in [2.05, 4.69) is 59.1 Å². The van der Waals surface area contributed by atoms with Crippen molar-refractivity contribution in [3.63, 3.8) is 0 Å². The third-order valence-electron chi connectivity index (χ3n) is 3.95. The quantitative estimate of drug-likeness (QED) is 0.870. The van der Waals surface area contributed by atoms with E-state index in [1.54, 1.807) is 7.11 Å². The molecule has 0 radical (unpaired) electrons. The van der Waals surface area contributed by atoms with Gasteiger partial charge in [0.25, 0.3) is 0 Å². The van der Waals surface area contributed by atoms with E-state index >= 15 is 0 Å². The molecule has 0 saturated heterocycles. The highest BCUT2D eigenvalue weighted by Gasteiger charge is 2.22. The van der Waals surface area contributed by atoms with Crippen LogP contribution in [-0.4, -0.2) is 20.2 Å². The summed E-state index contributed by atoms with van der Waals surface area (Å²) < 4.78 is 5.37. The third kappa shape index (κ3) is 4.24. The van der Waals surface area contributed by atoms with Crippen LogP contribution < -0.4 is 10.1 Å². The first kappa shape index (κ1) is 16.0. The number of nitrogens with one attached hydrogen (secondary N) is 1. The average molecular weight is 263 g/mol. The van der Waals surface area contributed by atoms with Gasteiger partial charge < -0.3 is 10.1 Å². The predicted octanol–water partition coefficient (Wildman–Crippen LogP) is 3.88. The molecule has 108 valence electrons. The van der Waals surface area contributed by atoms with Crippen molar-refractivity contribution in [1.82, 2.24) is 5.32 Å². The smallest absolute Gasteiger partial charge is 0.122 e. The lowest BCUT2D eigenvalue weighted by Crippen LogP contribution is -2.38. The molecule has 0 aliphatic heterocycles. The highest BCUT2D eigenvalue weighted by atomic mass is 16.5. The van der Waals surface area contributed by atoms with E-state index < -0.39 is 0 Å². The zero-order valence-electron chi connectivity index (χ0n) is 13.6. The van der Waals surface area contributed by atoms with Gasteiger partial charge in [0.05, 0.1) is 7.11 Å². The van der Waals surface area contributed by atoms with Crippen molar-refractivity contribution in [2.24, 2.45) is 5.41 Å². The van der Waals surface area contributed by atoms with Gasteiger partial charge in [0.15, 0.2) is 0 Å². The maximum atomic E-state index is 5.37. The van der Waals surface area contributed by atoms with Gasteiger partial charge >= 0.3 is 0 Å². The molecule has 0 aliphatic carbocycles. The van der Waals surface area contributed by atoms with Gasteiger partial charge in [-0.3, -0.25) is 0 Å². The third-order valence-corrected chi connectivity index (χ3v) is 3.95. The molecule has 1 unspecified atom stereocenters. The van der Waals surface area contributed by atoms with Crippen molar-refractivity contribution in [2.75, 3.05) is 14.2 Å². The lowest BCUT2D eigenvalue weighted by atomic mass is 9.83. The number of ether oxygens (including phenoxy) is 1. The fourth-order valence-corrected chi connectivity index (χ4v) is 2.65. The first-order valence-corrected chi connectivity index (χ1v) is 7.11. The molecule has 1 aromatic rings. The molecular formula is C17H29NO. The summed E-state index contributed by atoms with van der Waals surface area (Å²) in [6.45, 7) is 11.2. The molecule has 19 heavy (non-hydrogen) atoms. The van der Waals surface area contributed by atoms with Gasteiger partial charge in [-0.2, -0.15) is 0 Å². The zero-order chi connectivity index (χ0) is 14.6. The van der Waals surface area contributed by atoms with E-state index in [4.69, 9.17) is 4.74 Å². The minimum Gasteiger partial charge on any atom is -0.496 e. The highest BCUT2D eigenvalue weighted by molar-refractivity contribution is 5.41. The fourth-order valence-electron chi connectivity index (χ4n) is 2.65. The standard InChI is InChI=1S/C17H29NO/c1-12-11-15(19-7)13(2)10-14(12)8-9-16(18-6)17(3,4)5/h10-11,16,18H,8-9H2,1-7H3. The van der Waals surface area contributed by atoms with Crippen LogP contribution >= 0.6 is 0 Å². The van der Waals surface area contributed by atoms with E-state index in [1.165, 1.54) is 16.7 Å². The number of rotatable bonds is 5. The van der Waals surface area contributed by atoms with Gasteiger partial charge in [-0.05, 0) is 61.9 Å². The molecule has 0 fully saturated rings. The second kappa shape index (κ2) is 6.42. The van der Waals surface area contributed by atoms with Crippen molar-refractivity contribution >= 4 is 0 Å². The van der Waals surface area contributed by atoms with Crippen molar-refractivity contribution in [1.29, 1.82) is 0 Å². The van der Waals surface area contributed by atoms with E-state index in [-0.39, 0.29) is 0 Å². The van der Waals surface area contributed by atoms with E-state index in [1.807, 2.05) is 0 Å². The second-order valence-electron chi connectivity index (χ2n) is 6.49. The van der Waals surface area contributed by atoms with E-state index in [9.17, 15) is 0 Å². The average Bonchev–Trinajstić information content (AvgIpc) is 2.31. The maximum Gasteiger partial charge on any atom is 0.122 e. The Kier molecular flexibility index (Phi) is 5.42. The Morgan fingerprint density at radius 2 is 1.79 bits per heavy atom.